The number of anilines is 2. The summed E-state index contributed by atoms with van der Waals surface area (Å²) >= 11 is 6.30. The molecule has 0 aromatic carbocycles. The van der Waals surface area contributed by atoms with Crippen LogP contribution in [0.25, 0.3) is 0 Å². The summed E-state index contributed by atoms with van der Waals surface area (Å²) in [7, 11) is -1.97. The Bertz CT molecular complexity index is 812. The van der Waals surface area contributed by atoms with Crippen LogP contribution in [0.1, 0.15) is 33.6 Å². The molecule has 4 rings (SSSR count). The number of ether oxygens (including phenoxy) is 2. The number of hydrogen-bond donors (Lipinski definition) is 0. The van der Waals surface area contributed by atoms with E-state index < -0.39 is 14.4 Å². The molecule has 2 aliphatic heterocycles. The van der Waals surface area contributed by atoms with Gasteiger partial charge in [0.05, 0.1) is 25.4 Å². The molecule has 0 radical (unpaired) electrons. The van der Waals surface area contributed by atoms with Crippen LogP contribution in [0.2, 0.25) is 23.3 Å². The standard InChI is InChI=1S/C20H31ClN4O4Si/c1-20(2,3)30(4,5)29-14-7-6-13-17(14)28-19(26)25(13)16-12-15(21)22-18(23-16)24-8-10-27-11-9-24/h12-14,17H,6-11H2,1-5H3/t13-,14-,17?/m1/s1. The van der Waals surface area contributed by atoms with Crippen LogP contribution in [0.15, 0.2) is 6.07 Å². The van der Waals surface area contributed by atoms with E-state index in [0.29, 0.717) is 43.2 Å². The van der Waals surface area contributed by atoms with E-state index in [1.807, 2.05) is 4.90 Å². The minimum absolute atomic E-state index is 0.0825. The van der Waals surface area contributed by atoms with Crippen molar-refractivity contribution in [3.8, 4) is 0 Å². The lowest BCUT2D eigenvalue weighted by Gasteiger charge is -2.39. The van der Waals surface area contributed by atoms with Gasteiger partial charge in [-0.15, -0.1) is 0 Å². The van der Waals surface area contributed by atoms with Gasteiger partial charge in [0.15, 0.2) is 8.32 Å². The highest BCUT2D eigenvalue weighted by Gasteiger charge is 2.54. The number of carbonyl (C=O) groups is 1. The summed E-state index contributed by atoms with van der Waals surface area (Å²) in [6, 6.07) is 1.53. The second-order valence-corrected chi connectivity index (χ2v) is 14.9. The van der Waals surface area contributed by atoms with Gasteiger partial charge in [0.1, 0.15) is 17.1 Å². The van der Waals surface area contributed by atoms with Crippen molar-refractivity contribution in [1.29, 1.82) is 0 Å². The third-order valence-corrected chi connectivity index (χ3v) is 11.4. The van der Waals surface area contributed by atoms with Crippen molar-refractivity contribution in [2.45, 2.75) is 70.0 Å². The van der Waals surface area contributed by atoms with Gasteiger partial charge in [-0.25, -0.2) is 9.78 Å². The van der Waals surface area contributed by atoms with Crippen LogP contribution < -0.4 is 9.80 Å². The number of amides is 1. The first-order valence-electron chi connectivity index (χ1n) is 10.6. The van der Waals surface area contributed by atoms with Gasteiger partial charge in [-0.05, 0) is 31.0 Å². The molecular weight excluding hydrogens is 424 g/mol. The lowest BCUT2D eigenvalue weighted by Crippen LogP contribution is -2.47. The molecule has 3 heterocycles. The van der Waals surface area contributed by atoms with Gasteiger partial charge >= 0.3 is 6.09 Å². The number of carbonyl (C=O) groups excluding carboxylic acids is 1. The van der Waals surface area contributed by atoms with Crippen molar-refractivity contribution < 1.29 is 18.7 Å². The highest BCUT2D eigenvalue weighted by Crippen LogP contribution is 2.43. The topological polar surface area (TPSA) is 77.0 Å². The summed E-state index contributed by atoms with van der Waals surface area (Å²) in [5.41, 5.74) is 0. The molecule has 3 atom stereocenters. The van der Waals surface area contributed by atoms with Crippen LogP contribution in [-0.2, 0) is 13.9 Å². The van der Waals surface area contributed by atoms with Gasteiger partial charge in [-0.3, -0.25) is 4.90 Å². The summed E-state index contributed by atoms with van der Waals surface area (Å²) in [5, 5.41) is 0.408. The van der Waals surface area contributed by atoms with Gasteiger partial charge in [-0.2, -0.15) is 4.98 Å². The summed E-state index contributed by atoms with van der Waals surface area (Å²) in [6.07, 6.45) is 0.912. The average molecular weight is 455 g/mol. The highest BCUT2D eigenvalue weighted by atomic mass is 35.5. The summed E-state index contributed by atoms with van der Waals surface area (Å²) in [4.78, 5) is 25.5. The molecule has 166 valence electrons. The third-order valence-electron chi connectivity index (χ3n) is 6.72. The minimum atomic E-state index is -1.97. The number of rotatable bonds is 4. The molecule has 1 amide bonds. The van der Waals surface area contributed by atoms with E-state index in [9.17, 15) is 4.79 Å². The van der Waals surface area contributed by atoms with Crippen LogP contribution in [0.3, 0.4) is 0 Å². The Balaban J connectivity index is 1.56. The molecule has 3 aliphatic rings. The number of halogens is 1. The monoisotopic (exact) mass is 454 g/mol. The van der Waals surface area contributed by atoms with Crippen molar-refractivity contribution in [2.24, 2.45) is 0 Å². The lowest BCUT2D eigenvalue weighted by atomic mass is 10.2. The second kappa shape index (κ2) is 7.92. The Hall–Kier alpha value is -1.42. The first-order valence-corrected chi connectivity index (χ1v) is 13.9. The minimum Gasteiger partial charge on any atom is -0.441 e. The molecule has 8 nitrogen and oxygen atoms in total. The number of nitrogens with zero attached hydrogens (tertiary/aromatic N) is 4. The smallest absolute Gasteiger partial charge is 0.416 e. The maximum atomic E-state index is 12.8. The fourth-order valence-corrected chi connectivity index (χ4v) is 5.55. The maximum absolute atomic E-state index is 12.8. The molecule has 1 saturated carbocycles. The predicted molar refractivity (Wildman–Crippen MR) is 118 cm³/mol. The summed E-state index contributed by atoms with van der Waals surface area (Å²) in [6.45, 7) is 13.7. The lowest BCUT2D eigenvalue weighted by molar-refractivity contribution is 0.0496. The molecule has 1 aromatic rings. The Labute approximate surface area is 184 Å². The van der Waals surface area contributed by atoms with E-state index in [0.717, 1.165) is 12.8 Å². The van der Waals surface area contributed by atoms with E-state index in [2.05, 4.69) is 43.8 Å². The van der Waals surface area contributed by atoms with Crippen LogP contribution in [-0.4, -0.2) is 68.9 Å². The highest BCUT2D eigenvalue weighted by molar-refractivity contribution is 6.74. The molecule has 30 heavy (non-hydrogen) atoms. The number of morpholine rings is 1. The van der Waals surface area contributed by atoms with Crippen LogP contribution in [0, 0.1) is 0 Å². The van der Waals surface area contributed by atoms with E-state index in [1.165, 1.54) is 0 Å². The zero-order chi connectivity index (χ0) is 21.7. The Morgan fingerprint density at radius 1 is 1.20 bits per heavy atom. The fourth-order valence-electron chi connectivity index (χ4n) is 4.02. The molecule has 1 aromatic heterocycles. The van der Waals surface area contributed by atoms with Gasteiger partial charge < -0.3 is 18.8 Å². The van der Waals surface area contributed by atoms with Gasteiger partial charge in [0.25, 0.3) is 0 Å². The second-order valence-electron chi connectivity index (χ2n) is 9.73. The van der Waals surface area contributed by atoms with Crippen LogP contribution >= 0.6 is 11.6 Å². The van der Waals surface area contributed by atoms with Crippen molar-refractivity contribution >= 4 is 37.8 Å². The summed E-state index contributed by atoms with van der Waals surface area (Å²) < 4.78 is 17.8. The Kier molecular flexibility index (Phi) is 5.76. The predicted octanol–water partition coefficient (Wildman–Crippen LogP) is 3.84. The first kappa shape index (κ1) is 21.8. The largest absolute Gasteiger partial charge is 0.441 e. The molecule has 3 fully saturated rings. The van der Waals surface area contributed by atoms with Crippen LogP contribution in [0.5, 0.6) is 0 Å². The summed E-state index contributed by atoms with van der Waals surface area (Å²) in [5.74, 6) is 1.01. The molecule has 10 heteroatoms. The SMILES string of the molecule is CC(C)(C)[Si](C)(C)O[C@@H]1CC[C@@H]2C1OC(=O)N2c1cc(Cl)nc(N2CCOCC2)n1. The Morgan fingerprint density at radius 2 is 1.90 bits per heavy atom. The zero-order valence-electron chi connectivity index (χ0n) is 18.4. The maximum Gasteiger partial charge on any atom is 0.416 e. The fraction of sp³-hybridized carbons (Fsp3) is 0.750. The third kappa shape index (κ3) is 4.04. The molecular formula is C20H31ClN4O4Si. The number of fused-ring (bicyclic) bond motifs is 1. The van der Waals surface area contributed by atoms with E-state index in [-0.39, 0.29) is 23.3 Å². The molecule has 1 unspecified atom stereocenters. The van der Waals surface area contributed by atoms with Crippen molar-refractivity contribution in [3.63, 3.8) is 0 Å². The van der Waals surface area contributed by atoms with E-state index in [1.54, 1.807) is 11.0 Å². The van der Waals surface area contributed by atoms with Gasteiger partial charge in [0.2, 0.25) is 5.95 Å². The van der Waals surface area contributed by atoms with E-state index >= 15 is 0 Å². The number of aromatic nitrogens is 2. The van der Waals surface area contributed by atoms with Gasteiger partial charge in [0, 0.05) is 19.2 Å². The molecule has 1 aliphatic carbocycles. The van der Waals surface area contributed by atoms with Crippen molar-refractivity contribution in [1.82, 2.24) is 9.97 Å². The molecule has 0 N–H and O–H groups in total. The Morgan fingerprint density at radius 3 is 2.57 bits per heavy atom. The number of hydrogen-bond acceptors (Lipinski definition) is 7. The van der Waals surface area contributed by atoms with Crippen LogP contribution in [0.4, 0.5) is 16.6 Å². The normalized spacial score (nSPS) is 27.4. The first-order chi connectivity index (χ1) is 14.1. The quantitative estimate of drug-likeness (QED) is 0.505. The average Bonchev–Trinajstić information content (AvgIpc) is 3.19. The molecule has 2 saturated heterocycles. The molecule has 0 bridgehead atoms. The zero-order valence-corrected chi connectivity index (χ0v) is 20.1. The van der Waals surface area contributed by atoms with Crippen molar-refractivity contribution in [3.05, 3.63) is 11.2 Å². The van der Waals surface area contributed by atoms with Gasteiger partial charge in [-0.1, -0.05) is 32.4 Å². The van der Waals surface area contributed by atoms with E-state index in [4.69, 9.17) is 25.5 Å². The molecule has 0 spiro atoms. The van der Waals surface area contributed by atoms with Crippen molar-refractivity contribution in [2.75, 3.05) is 36.1 Å².